The normalized spacial score (nSPS) is 12.1. The number of hydrogen-bond donors (Lipinski definition) is 0. The molecule has 0 aliphatic rings. The molecule has 1 aromatic carbocycles. The second kappa shape index (κ2) is 3.94. The molecule has 0 saturated carbocycles. The first kappa shape index (κ1) is 11.8. The van der Waals surface area contributed by atoms with Crippen molar-refractivity contribution in [2.75, 3.05) is 0 Å². The number of fused-ring (bicyclic) bond motifs is 1. The fraction of sp³-hybridized carbons (Fsp3) is 0.364. The molecule has 92 valence electrons. The summed E-state index contributed by atoms with van der Waals surface area (Å²) in [5.41, 5.74) is 1.58. The third-order valence-electron chi connectivity index (χ3n) is 2.52. The molecule has 1 heterocycles. The molecule has 0 aliphatic carbocycles. The van der Waals surface area contributed by atoms with Crippen LogP contribution in [0.1, 0.15) is 6.92 Å². The minimum Gasteiger partial charge on any atom is -0.406 e. The number of imidazole rings is 1. The second-order valence-corrected chi connectivity index (χ2v) is 3.71. The second-order valence-electron chi connectivity index (χ2n) is 3.71. The molecule has 6 heteroatoms. The van der Waals surface area contributed by atoms with E-state index in [1.807, 2.05) is 29.4 Å². The van der Waals surface area contributed by atoms with E-state index in [1.54, 1.807) is 6.07 Å². The highest BCUT2D eigenvalue weighted by atomic mass is 19.4. The van der Waals surface area contributed by atoms with Crippen molar-refractivity contribution in [3.05, 3.63) is 24.5 Å². The molecule has 0 atom stereocenters. The third kappa shape index (κ3) is 2.35. The lowest BCUT2D eigenvalue weighted by Crippen LogP contribution is -2.25. The molecule has 17 heavy (non-hydrogen) atoms. The first-order chi connectivity index (χ1) is 7.90. The number of hydrogen-bond acceptors (Lipinski definition) is 1. The van der Waals surface area contributed by atoms with Crippen LogP contribution in [0.25, 0.3) is 11.0 Å². The number of rotatable bonds is 2. The molecule has 0 N–H and O–H groups in total. The summed E-state index contributed by atoms with van der Waals surface area (Å²) in [6, 6.07) is 4.32. The zero-order valence-electron chi connectivity index (χ0n) is 9.45. The van der Waals surface area contributed by atoms with Gasteiger partial charge in [-0.1, -0.05) is 0 Å². The molecular weight excluding hydrogens is 233 g/mol. The maximum absolute atomic E-state index is 12.1. The Morgan fingerprint density at radius 3 is 2.65 bits per heavy atom. The molecule has 3 nitrogen and oxygen atoms in total. The number of halogens is 3. The average molecular weight is 245 g/mol. The lowest BCUT2D eigenvalue weighted by molar-refractivity contribution is -0.645. The number of alkyl halides is 3. The monoisotopic (exact) mass is 245 g/mol. The number of aromatic nitrogens is 2. The van der Waals surface area contributed by atoms with E-state index < -0.39 is 6.36 Å². The summed E-state index contributed by atoms with van der Waals surface area (Å²) in [4.78, 5) is 0. The fourth-order valence-corrected chi connectivity index (χ4v) is 1.81. The number of benzene rings is 1. The van der Waals surface area contributed by atoms with Crippen LogP contribution in [-0.2, 0) is 13.6 Å². The van der Waals surface area contributed by atoms with Crippen molar-refractivity contribution < 1.29 is 22.5 Å². The molecule has 0 bridgehead atoms. The minimum atomic E-state index is -4.65. The summed E-state index contributed by atoms with van der Waals surface area (Å²) in [6.45, 7) is 2.61. The topological polar surface area (TPSA) is 18.0 Å². The van der Waals surface area contributed by atoms with E-state index in [2.05, 4.69) is 4.74 Å². The highest BCUT2D eigenvalue weighted by molar-refractivity contribution is 5.73. The van der Waals surface area contributed by atoms with Crippen LogP contribution in [-0.4, -0.2) is 10.9 Å². The molecule has 0 radical (unpaired) electrons. The fourth-order valence-electron chi connectivity index (χ4n) is 1.81. The van der Waals surface area contributed by atoms with E-state index in [4.69, 9.17) is 0 Å². The summed E-state index contributed by atoms with van der Waals surface area (Å²) in [7, 11) is 1.85. The van der Waals surface area contributed by atoms with Crippen molar-refractivity contribution in [1.29, 1.82) is 0 Å². The van der Waals surface area contributed by atoms with Crippen LogP contribution < -0.4 is 9.30 Å². The van der Waals surface area contributed by atoms with Crippen molar-refractivity contribution in [3.63, 3.8) is 0 Å². The maximum atomic E-state index is 12.1. The first-order valence-corrected chi connectivity index (χ1v) is 5.15. The highest BCUT2D eigenvalue weighted by Crippen LogP contribution is 2.25. The molecule has 0 unspecified atom stereocenters. The maximum Gasteiger partial charge on any atom is 0.573 e. The minimum absolute atomic E-state index is 0.196. The lowest BCUT2D eigenvalue weighted by Gasteiger charge is -2.07. The lowest BCUT2D eigenvalue weighted by atomic mass is 10.3. The van der Waals surface area contributed by atoms with E-state index in [-0.39, 0.29) is 5.75 Å². The molecule has 0 amide bonds. The van der Waals surface area contributed by atoms with E-state index in [0.29, 0.717) is 6.54 Å². The van der Waals surface area contributed by atoms with Gasteiger partial charge in [-0.3, -0.25) is 0 Å². The highest BCUT2D eigenvalue weighted by Gasteiger charge is 2.31. The van der Waals surface area contributed by atoms with Crippen LogP contribution in [0.15, 0.2) is 24.5 Å². The molecular formula is C11H12F3N2O+. The van der Waals surface area contributed by atoms with Gasteiger partial charge >= 0.3 is 6.36 Å². The van der Waals surface area contributed by atoms with Crippen LogP contribution >= 0.6 is 0 Å². The van der Waals surface area contributed by atoms with Crippen LogP contribution in [0.5, 0.6) is 5.75 Å². The Morgan fingerprint density at radius 1 is 1.35 bits per heavy atom. The quantitative estimate of drug-likeness (QED) is 0.743. The Balaban J connectivity index is 2.49. The van der Waals surface area contributed by atoms with Crippen molar-refractivity contribution in [1.82, 2.24) is 4.57 Å². The van der Waals surface area contributed by atoms with Gasteiger partial charge in [-0.05, 0) is 19.1 Å². The van der Waals surface area contributed by atoms with Crippen molar-refractivity contribution in [2.45, 2.75) is 19.8 Å². The Labute approximate surface area is 96.0 Å². The molecule has 1 aromatic heterocycles. The van der Waals surface area contributed by atoms with E-state index in [9.17, 15) is 13.2 Å². The average Bonchev–Trinajstić information content (AvgIpc) is 2.53. The molecule has 2 aromatic rings. The van der Waals surface area contributed by atoms with Crippen LogP contribution in [0, 0.1) is 0 Å². The van der Waals surface area contributed by atoms with Gasteiger partial charge in [-0.15, -0.1) is 13.2 Å². The van der Waals surface area contributed by atoms with Gasteiger partial charge in [0.25, 0.3) is 0 Å². The number of aryl methyl sites for hydroxylation is 2. The molecule has 0 spiro atoms. The van der Waals surface area contributed by atoms with Gasteiger partial charge < -0.3 is 4.74 Å². The summed E-state index contributed by atoms with van der Waals surface area (Å²) in [6.07, 6.45) is -2.82. The van der Waals surface area contributed by atoms with Gasteiger partial charge in [0, 0.05) is 6.07 Å². The number of ether oxygens (including phenoxy) is 1. The Morgan fingerprint density at radius 2 is 2.06 bits per heavy atom. The zero-order chi connectivity index (χ0) is 12.6. The van der Waals surface area contributed by atoms with Gasteiger partial charge in [0.2, 0.25) is 6.33 Å². The van der Waals surface area contributed by atoms with Crippen LogP contribution in [0.4, 0.5) is 13.2 Å². The van der Waals surface area contributed by atoms with Crippen molar-refractivity contribution in [2.24, 2.45) is 7.05 Å². The summed E-state index contributed by atoms with van der Waals surface area (Å²) in [5, 5.41) is 0. The van der Waals surface area contributed by atoms with Crippen LogP contribution in [0.3, 0.4) is 0 Å². The van der Waals surface area contributed by atoms with Gasteiger partial charge in [-0.2, -0.15) is 0 Å². The molecule has 0 aliphatic heterocycles. The Hall–Kier alpha value is -1.72. The van der Waals surface area contributed by atoms with Crippen molar-refractivity contribution in [3.8, 4) is 5.75 Å². The summed E-state index contributed by atoms with van der Waals surface area (Å²) in [5.74, 6) is -0.196. The number of nitrogens with zero attached hydrogens (tertiary/aromatic N) is 2. The molecule has 0 fully saturated rings. The largest absolute Gasteiger partial charge is 0.573 e. The smallest absolute Gasteiger partial charge is 0.406 e. The standard InChI is InChI=1S/C11H12F3N2O/c1-3-16-7-15(2)9-5-4-8(6-10(9)16)17-11(12,13)14/h4-7H,3H2,1-2H3/q+1. The predicted molar refractivity (Wildman–Crippen MR) is 55.5 cm³/mol. The SMILES string of the molecule is CCn1c[n+](C)c2ccc(OC(F)(F)F)cc21. The van der Waals surface area contributed by atoms with E-state index in [0.717, 1.165) is 11.0 Å². The first-order valence-electron chi connectivity index (χ1n) is 5.15. The zero-order valence-corrected chi connectivity index (χ0v) is 9.45. The third-order valence-corrected chi connectivity index (χ3v) is 2.52. The predicted octanol–water partition coefficient (Wildman–Crippen LogP) is 2.38. The Kier molecular flexibility index (Phi) is 2.73. The van der Waals surface area contributed by atoms with Gasteiger partial charge in [0.1, 0.15) is 5.75 Å². The summed E-state index contributed by atoms with van der Waals surface area (Å²) < 4.78 is 43.9. The molecule has 2 rings (SSSR count). The van der Waals surface area contributed by atoms with Gasteiger partial charge in [0.05, 0.1) is 13.6 Å². The summed E-state index contributed by atoms with van der Waals surface area (Å²) >= 11 is 0. The van der Waals surface area contributed by atoms with Gasteiger partial charge in [0.15, 0.2) is 11.0 Å². The van der Waals surface area contributed by atoms with Crippen LogP contribution in [0.2, 0.25) is 0 Å². The molecule has 0 saturated heterocycles. The Bertz CT molecular complexity index is 545. The van der Waals surface area contributed by atoms with E-state index in [1.165, 1.54) is 12.1 Å². The van der Waals surface area contributed by atoms with Gasteiger partial charge in [-0.25, -0.2) is 9.13 Å². The van der Waals surface area contributed by atoms with Crippen molar-refractivity contribution >= 4 is 11.0 Å². The van der Waals surface area contributed by atoms with E-state index >= 15 is 0 Å².